The van der Waals surface area contributed by atoms with Crippen LogP contribution in [0.1, 0.15) is 40.5 Å². The number of rotatable bonds is 6. The van der Waals surface area contributed by atoms with Crippen molar-refractivity contribution in [3.8, 4) is 5.75 Å². The minimum atomic E-state index is -0.383. The van der Waals surface area contributed by atoms with E-state index in [4.69, 9.17) is 4.74 Å². The average Bonchev–Trinajstić information content (AvgIpc) is 2.99. The zero-order valence-corrected chi connectivity index (χ0v) is 16.5. The van der Waals surface area contributed by atoms with Crippen molar-refractivity contribution in [2.45, 2.75) is 19.8 Å². The number of anilines is 2. The van der Waals surface area contributed by atoms with Gasteiger partial charge in [0.1, 0.15) is 5.75 Å². The highest BCUT2D eigenvalue weighted by atomic mass is 16.5. The van der Waals surface area contributed by atoms with E-state index in [1.165, 1.54) is 0 Å². The van der Waals surface area contributed by atoms with Crippen LogP contribution in [-0.2, 0) is 9.59 Å². The molecule has 0 radical (unpaired) electrons. The molecule has 154 valence electrons. The Morgan fingerprint density at radius 3 is 2.37 bits per heavy atom. The SMILES string of the molecule is CCCN1C(=O)COc2cc(NC(=O)CCN3C(=O)c4ccccc4C3=O)ccc21. The topological polar surface area (TPSA) is 96.0 Å². The third-order valence-corrected chi connectivity index (χ3v) is 5.07. The molecule has 8 heteroatoms. The molecule has 0 spiro atoms. The van der Waals surface area contributed by atoms with Gasteiger partial charge in [0, 0.05) is 31.3 Å². The van der Waals surface area contributed by atoms with Gasteiger partial charge in [-0.2, -0.15) is 0 Å². The van der Waals surface area contributed by atoms with Crippen LogP contribution in [0.3, 0.4) is 0 Å². The van der Waals surface area contributed by atoms with Gasteiger partial charge in [-0.15, -0.1) is 0 Å². The molecule has 0 unspecified atom stereocenters. The number of hydrogen-bond acceptors (Lipinski definition) is 5. The van der Waals surface area contributed by atoms with Crippen molar-refractivity contribution < 1.29 is 23.9 Å². The lowest BCUT2D eigenvalue weighted by Gasteiger charge is -2.29. The van der Waals surface area contributed by atoms with E-state index >= 15 is 0 Å². The Balaban J connectivity index is 1.39. The molecular weight excluding hydrogens is 386 g/mol. The molecule has 2 aromatic carbocycles. The molecule has 30 heavy (non-hydrogen) atoms. The van der Waals surface area contributed by atoms with Gasteiger partial charge in [-0.1, -0.05) is 19.1 Å². The molecule has 0 aliphatic carbocycles. The van der Waals surface area contributed by atoms with E-state index in [0.717, 1.165) is 11.3 Å². The van der Waals surface area contributed by atoms with Crippen LogP contribution in [0.5, 0.6) is 5.75 Å². The zero-order chi connectivity index (χ0) is 21.3. The first kappa shape index (κ1) is 19.6. The number of nitrogens with one attached hydrogen (secondary N) is 1. The second-order valence-electron chi connectivity index (χ2n) is 7.12. The maximum atomic E-state index is 12.4. The summed E-state index contributed by atoms with van der Waals surface area (Å²) >= 11 is 0. The van der Waals surface area contributed by atoms with Crippen LogP contribution in [0, 0.1) is 0 Å². The fraction of sp³-hybridized carbons (Fsp3) is 0.273. The fourth-order valence-corrected chi connectivity index (χ4v) is 3.63. The summed E-state index contributed by atoms with van der Waals surface area (Å²) in [6.45, 7) is 2.55. The summed E-state index contributed by atoms with van der Waals surface area (Å²) < 4.78 is 5.50. The third kappa shape index (κ3) is 3.52. The summed E-state index contributed by atoms with van der Waals surface area (Å²) in [6, 6.07) is 11.7. The molecule has 0 saturated carbocycles. The molecule has 0 saturated heterocycles. The smallest absolute Gasteiger partial charge is 0.265 e. The first-order chi connectivity index (χ1) is 14.5. The molecule has 0 aromatic heterocycles. The van der Waals surface area contributed by atoms with Crippen molar-refractivity contribution in [1.82, 2.24) is 4.90 Å². The second kappa shape index (κ2) is 7.98. The summed E-state index contributed by atoms with van der Waals surface area (Å²) in [5.41, 5.74) is 1.92. The van der Waals surface area contributed by atoms with Gasteiger partial charge >= 0.3 is 0 Å². The highest BCUT2D eigenvalue weighted by Gasteiger charge is 2.35. The van der Waals surface area contributed by atoms with Crippen molar-refractivity contribution in [2.75, 3.05) is 29.9 Å². The van der Waals surface area contributed by atoms with Gasteiger partial charge in [-0.3, -0.25) is 24.1 Å². The van der Waals surface area contributed by atoms with Gasteiger partial charge in [0.05, 0.1) is 16.8 Å². The number of amides is 4. The summed E-state index contributed by atoms with van der Waals surface area (Å²) in [5.74, 6) is -0.662. The van der Waals surface area contributed by atoms with Crippen molar-refractivity contribution in [2.24, 2.45) is 0 Å². The number of carbonyl (C=O) groups excluding carboxylic acids is 4. The predicted octanol–water partition coefficient (Wildman–Crippen LogP) is 2.45. The molecule has 2 aliphatic heterocycles. The monoisotopic (exact) mass is 407 g/mol. The van der Waals surface area contributed by atoms with E-state index in [0.29, 0.717) is 34.8 Å². The quantitative estimate of drug-likeness (QED) is 0.742. The van der Waals surface area contributed by atoms with E-state index in [-0.39, 0.29) is 43.2 Å². The highest BCUT2D eigenvalue weighted by molar-refractivity contribution is 6.21. The number of nitrogens with zero attached hydrogens (tertiary/aromatic N) is 2. The van der Waals surface area contributed by atoms with Gasteiger partial charge in [0.15, 0.2) is 6.61 Å². The van der Waals surface area contributed by atoms with Gasteiger partial charge in [-0.25, -0.2) is 0 Å². The van der Waals surface area contributed by atoms with Crippen molar-refractivity contribution >= 4 is 35.0 Å². The summed E-state index contributed by atoms with van der Waals surface area (Å²) in [6.07, 6.45) is 0.797. The molecule has 2 heterocycles. The maximum absolute atomic E-state index is 12.4. The lowest BCUT2D eigenvalue weighted by molar-refractivity contribution is -0.121. The Kier molecular flexibility index (Phi) is 5.22. The van der Waals surface area contributed by atoms with Crippen LogP contribution in [0.25, 0.3) is 0 Å². The largest absolute Gasteiger partial charge is 0.481 e. The number of fused-ring (bicyclic) bond motifs is 2. The number of hydrogen-bond donors (Lipinski definition) is 1. The number of ether oxygens (including phenoxy) is 1. The van der Waals surface area contributed by atoms with Crippen LogP contribution in [0.2, 0.25) is 0 Å². The number of imide groups is 1. The minimum Gasteiger partial charge on any atom is -0.481 e. The highest BCUT2D eigenvalue weighted by Crippen LogP contribution is 2.34. The lowest BCUT2D eigenvalue weighted by atomic mass is 10.1. The molecule has 2 aromatic rings. The molecule has 1 N–H and O–H groups in total. The Labute approximate surface area is 173 Å². The van der Waals surface area contributed by atoms with Crippen molar-refractivity contribution in [3.05, 3.63) is 53.6 Å². The van der Waals surface area contributed by atoms with Crippen LogP contribution in [0.15, 0.2) is 42.5 Å². The Bertz CT molecular complexity index is 1010. The van der Waals surface area contributed by atoms with Crippen LogP contribution >= 0.6 is 0 Å². The van der Waals surface area contributed by atoms with Crippen LogP contribution in [-0.4, -0.2) is 48.2 Å². The molecule has 4 amide bonds. The van der Waals surface area contributed by atoms with E-state index in [9.17, 15) is 19.2 Å². The fourth-order valence-electron chi connectivity index (χ4n) is 3.63. The molecule has 0 bridgehead atoms. The van der Waals surface area contributed by atoms with E-state index in [1.54, 1.807) is 47.4 Å². The normalized spacial score (nSPS) is 15.0. The van der Waals surface area contributed by atoms with Crippen molar-refractivity contribution in [1.29, 1.82) is 0 Å². The van der Waals surface area contributed by atoms with Crippen LogP contribution in [0.4, 0.5) is 11.4 Å². The Morgan fingerprint density at radius 2 is 1.70 bits per heavy atom. The van der Waals surface area contributed by atoms with Gasteiger partial charge in [0.25, 0.3) is 17.7 Å². The van der Waals surface area contributed by atoms with Crippen LogP contribution < -0.4 is 15.0 Å². The molecule has 0 atom stereocenters. The first-order valence-electron chi connectivity index (χ1n) is 9.82. The molecule has 4 rings (SSSR count). The molecule has 2 aliphatic rings. The van der Waals surface area contributed by atoms with E-state index < -0.39 is 0 Å². The van der Waals surface area contributed by atoms with E-state index in [1.807, 2.05) is 6.92 Å². The standard InChI is InChI=1S/C22H21N3O5/c1-2-10-24-17-8-7-14(12-18(17)30-13-20(24)27)23-19(26)9-11-25-21(28)15-5-3-4-6-16(15)22(25)29/h3-8,12H,2,9-11,13H2,1H3,(H,23,26). The summed E-state index contributed by atoms with van der Waals surface area (Å²) in [7, 11) is 0. The summed E-state index contributed by atoms with van der Waals surface area (Å²) in [5, 5.41) is 2.75. The molecule has 0 fully saturated rings. The average molecular weight is 407 g/mol. The maximum Gasteiger partial charge on any atom is 0.265 e. The lowest BCUT2D eigenvalue weighted by Crippen LogP contribution is -2.39. The Morgan fingerprint density at radius 1 is 1.00 bits per heavy atom. The van der Waals surface area contributed by atoms with Gasteiger partial charge in [0.2, 0.25) is 5.91 Å². The van der Waals surface area contributed by atoms with Gasteiger partial charge < -0.3 is 15.0 Å². The molecule has 8 nitrogen and oxygen atoms in total. The number of benzene rings is 2. The van der Waals surface area contributed by atoms with Crippen molar-refractivity contribution in [3.63, 3.8) is 0 Å². The van der Waals surface area contributed by atoms with E-state index in [2.05, 4.69) is 5.32 Å². The first-order valence-corrected chi connectivity index (χ1v) is 9.82. The second-order valence-corrected chi connectivity index (χ2v) is 7.12. The third-order valence-electron chi connectivity index (χ3n) is 5.07. The zero-order valence-electron chi connectivity index (χ0n) is 16.5. The molecular formula is C22H21N3O5. The van der Waals surface area contributed by atoms with Gasteiger partial charge in [-0.05, 0) is 30.7 Å². The Hall–Kier alpha value is -3.68. The minimum absolute atomic E-state index is 0.00159. The summed E-state index contributed by atoms with van der Waals surface area (Å²) in [4.78, 5) is 51.9. The number of carbonyl (C=O) groups is 4. The predicted molar refractivity (Wildman–Crippen MR) is 110 cm³/mol.